The molecule has 2 heterocycles. The SMILES string of the molecule is CC(C)(C)c1ccc2c(c1)CCCO2.CC(C)(C)c1ccc2c(c1)OCCCO2.CC(C)Oc1ccc(C(C)(C)C)cc1.CCOc1ccc(C(C)(C)C)cc1.COc1ccc(C(C)(C)C)cc1. The van der Waals surface area contributed by atoms with Gasteiger partial charge in [-0.3, -0.25) is 0 Å². The van der Waals surface area contributed by atoms with Gasteiger partial charge in [-0.25, -0.2) is 0 Å². The Hall–Kier alpha value is -5.10. The molecule has 0 spiro atoms. The van der Waals surface area contributed by atoms with Gasteiger partial charge in [0.1, 0.15) is 23.0 Å². The van der Waals surface area contributed by atoms with Crippen LogP contribution in [-0.2, 0) is 33.5 Å². The summed E-state index contributed by atoms with van der Waals surface area (Å²) in [6.07, 6.45) is 3.52. The molecule has 374 valence electrons. The fourth-order valence-electron chi connectivity index (χ4n) is 7.07. The smallest absolute Gasteiger partial charge is 0.161 e. The molecule has 0 fully saturated rings. The maximum Gasteiger partial charge on any atom is 0.161 e. The second kappa shape index (κ2) is 25.5. The minimum absolute atomic E-state index is 0.157. The molecule has 5 aromatic carbocycles. The Kier molecular flexibility index (Phi) is 21.4. The highest BCUT2D eigenvalue weighted by Crippen LogP contribution is 2.35. The normalized spacial score (nSPS) is 13.4. The highest BCUT2D eigenvalue weighted by Gasteiger charge is 2.20. The summed E-state index contributed by atoms with van der Waals surface area (Å²) in [4.78, 5) is 0. The summed E-state index contributed by atoms with van der Waals surface area (Å²) >= 11 is 0. The Morgan fingerprint density at radius 2 is 0.794 bits per heavy atom. The Morgan fingerprint density at radius 3 is 1.22 bits per heavy atom. The summed E-state index contributed by atoms with van der Waals surface area (Å²) in [7, 11) is 1.69. The van der Waals surface area contributed by atoms with Gasteiger partial charge in [0.2, 0.25) is 0 Å². The monoisotopic (exact) mass is 931 g/mol. The highest BCUT2D eigenvalue weighted by molar-refractivity contribution is 5.45. The number of hydrogen-bond donors (Lipinski definition) is 0. The lowest BCUT2D eigenvalue weighted by atomic mass is 9.85. The fourth-order valence-corrected chi connectivity index (χ4v) is 7.07. The number of hydrogen-bond acceptors (Lipinski definition) is 6. The van der Waals surface area contributed by atoms with Gasteiger partial charge < -0.3 is 28.4 Å². The quantitative estimate of drug-likeness (QED) is 0.175. The summed E-state index contributed by atoms with van der Waals surface area (Å²) in [6.45, 7) is 42.4. The van der Waals surface area contributed by atoms with Crippen LogP contribution in [-0.4, -0.2) is 39.6 Å². The third-order valence-electron chi connectivity index (χ3n) is 11.5. The number of aryl methyl sites for hydroxylation is 1. The largest absolute Gasteiger partial charge is 0.497 e. The zero-order valence-corrected chi connectivity index (χ0v) is 45.9. The maximum atomic E-state index is 5.66. The molecular formula is C62H90O6. The number of ether oxygens (including phenoxy) is 6. The average Bonchev–Trinajstić information content (AvgIpc) is 3.51. The van der Waals surface area contributed by atoms with E-state index in [1.807, 2.05) is 63.2 Å². The summed E-state index contributed by atoms with van der Waals surface area (Å²) in [5.41, 5.74) is 9.16. The van der Waals surface area contributed by atoms with Gasteiger partial charge in [-0.05, 0) is 149 Å². The van der Waals surface area contributed by atoms with Gasteiger partial charge in [-0.2, -0.15) is 0 Å². The van der Waals surface area contributed by atoms with Gasteiger partial charge in [0.05, 0.1) is 39.6 Å². The number of methoxy groups -OCH3 is 1. The second-order valence-corrected chi connectivity index (χ2v) is 23.1. The van der Waals surface area contributed by atoms with Crippen LogP contribution in [0.2, 0.25) is 0 Å². The van der Waals surface area contributed by atoms with Crippen LogP contribution in [0.4, 0.5) is 0 Å². The van der Waals surface area contributed by atoms with E-state index in [0.717, 1.165) is 73.8 Å². The molecule has 2 aliphatic heterocycles. The number of benzene rings is 5. The summed E-state index contributed by atoms with van der Waals surface area (Å²) < 4.78 is 32.9. The van der Waals surface area contributed by atoms with Crippen molar-refractivity contribution in [2.75, 3.05) is 33.5 Å². The Morgan fingerprint density at radius 1 is 0.426 bits per heavy atom. The highest BCUT2D eigenvalue weighted by atomic mass is 16.5. The molecule has 0 amide bonds. The molecule has 0 atom stereocenters. The standard InChI is InChI=1S/C13H18O2.C13H18O.C13H20O.C12H18O.C11H16O/c1-13(2,3)10-5-6-11-12(9-10)15-8-4-7-14-11;1-13(2,3)11-6-7-12-10(9-11)5-4-8-14-12;1-10(2)14-12-8-6-11(7-9-12)13(3,4)5;1-5-13-11-8-6-10(7-9-11)12(2,3)4;1-11(2,3)9-5-7-10(12-4)8-6-9/h5-6,9H,4,7-8H2,1-3H3;6-7,9H,4-5,8H2,1-3H3;6-10H,1-5H3;6-9H,5H2,1-4H3;5-8H,1-4H3. The van der Waals surface area contributed by atoms with E-state index in [1.54, 1.807) is 7.11 Å². The van der Waals surface area contributed by atoms with Gasteiger partial charge in [-0.15, -0.1) is 0 Å². The fraction of sp³-hybridized carbons (Fsp3) is 0.516. The van der Waals surface area contributed by atoms with E-state index in [9.17, 15) is 0 Å². The molecule has 6 heteroatoms. The van der Waals surface area contributed by atoms with Crippen LogP contribution in [0.3, 0.4) is 0 Å². The molecule has 0 aromatic heterocycles. The van der Waals surface area contributed by atoms with E-state index in [1.165, 1.54) is 39.8 Å². The van der Waals surface area contributed by atoms with Gasteiger partial charge in [0.25, 0.3) is 0 Å². The summed E-state index contributed by atoms with van der Waals surface area (Å²) in [6, 6.07) is 37.7. The van der Waals surface area contributed by atoms with Crippen LogP contribution in [0.15, 0.2) is 109 Å². The second-order valence-electron chi connectivity index (χ2n) is 23.1. The Balaban J connectivity index is 0.000000226. The lowest BCUT2D eigenvalue weighted by Crippen LogP contribution is -2.14. The van der Waals surface area contributed by atoms with Crippen LogP contribution < -0.4 is 28.4 Å². The molecule has 0 bridgehead atoms. The van der Waals surface area contributed by atoms with Crippen molar-refractivity contribution in [3.63, 3.8) is 0 Å². The Bertz CT molecular complexity index is 2200. The van der Waals surface area contributed by atoms with Crippen molar-refractivity contribution in [2.45, 2.75) is 177 Å². The lowest BCUT2D eigenvalue weighted by molar-refractivity contribution is 0.242. The molecule has 7 rings (SSSR count). The van der Waals surface area contributed by atoms with Gasteiger partial charge in [0, 0.05) is 6.42 Å². The van der Waals surface area contributed by atoms with Crippen LogP contribution in [0.5, 0.6) is 34.5 Å². The van der Waals surface area contributed by atoms with E-state index in [4.69, 9.17) is 28.4 Å². The first-order valence-corrected chi connectivity index (χ1v) is 24.9. The van der Waals surface area contributed by atoms with Crippen LogP contribution >= 0.6 is 0 Å². The lowest BCUT2D eigenvalue weighted by Gasteiger charge is -2.23. The summed E-state index contributed by atoms with van der Waals surface area (Å²) in [5.74, 6) is 5.68. The third-order valence-corrected chi connectivity index (χ3v) is 11.5. The van der Waals surface area contributed by atoms with E-state index in [-0.39, 0.29) is 33.2 Å². The van der Waals surface area contributed by atoms with Gasteiger partial charge in [-0.1, -0.05) is 158 Å². The first kappa shape index (κ1) is 57.2. The van der Waals surface area contributed by atoms with Crippen LogP contribution in [0.25, 0.3) is 0 Å². The Labute approximate surface area is 414 Å². The molecule has 2 aliphatic rings. The van der Waals surface area contributed by atoms with Gasteiger partial charge in [0.15, 0.2) is 11.5 Å². The molecule has 0 unspecified atom stereocenters. The van der Waals surface area contributed by atoms with Crippen molar-refractivity contribution >= 4 is 0 Å². The van der Waals surface area contributed by atoms with Crippen molar-refractivity contribution in [2.24, 2.45) is 0 Å². The minimum Gasteiger partial charge on any atom is -0.497 e. The minimum atomic E-state index is 0.157. The number of fused-ring (bicyclic) bond motifs is 2. The third kappa shape index (κ3) is 19.9. The topological polar surface area (TPSA) is 55.4 Å². The molecule has 0 radical (unpaired) electrons. The van der Waals surface area contributed by atoms with E-state index in [0.29, 0.717) is 0 Å². The van der Waals surface area contributed by atoms with Crippen molar-refractivity contribution < 1.29 is 28.4 Å². The van der Waals surface area contributed by atoms with Crippen molar-refractivity contribution in [1.29, 1.82) is 0 Å². The predicted octanol–water partition coefficient (Wildman–Crippen LogP) is 16.6. The molecule has 68 heavy (non-hydrogen) atoms. The maximum absolute atomic E-state index is 5.66. The van der Waals surface area contributed by atoms with Crippen LogP contribution in [0.1, 0.15) is 171 Å². The molecule has 0 aliphatic carbocycles. The predicted molar refractivity (Wildman–Crippen MR) is 289 cm³/mol. The molecule has 0 saturated carbocycles. The van der Waals surface area contributed by atoms with E-state index < -0.39 is 0 Å². The summed E-state index contributed by atoms with van der Waals surface area (Å²) in [5, 5.41) is 0. The molecule has 6 nitrogen and oxygen atoms in total. The van der Waals surface area contributed by atoms with Crippen molar-refractivity contribution in [3.05, 3.63) is 143 Å². The molecular weight excluding hydrogens is 841 g/mol. The number of rotatable bonds is 5. The van der Waals surface area contributed by atoms with Crippen molar-refractivity contribution in [1.82, 2.24) is 0 Å². The first-order valence-electron chi connectivity index (χ1n) is 24.9. The first-order chi connectivity index (χ1) is 31.6. The average molecular weight is 931 g/mol. The van der Waals surface area contributed by atoms with Crippen molar-refractivity contribution in [3.8, 4) is 34.5 Å². The van der Waals surface area contributed by atoms with E-state index in [2.05, 4.69) is 171 Å². The zero-order valence-electron chi connectivity index (χ0n) is 45.9. The van der Waals surface area contributed by atoms with E-state index >= 15 is 0 Å². The zero-order chi connectivity index (χ0) is 50.9. The van der Waals surface area contributed by atoms with Crippen LogP contribution in [0, 0.1) is 0 Å². The molecule has 0 N–H and O–H groups in total. The molecule has 0 saturated heterocycles. The molecule has 5 aromatic rings. The van der Waals surface area contributed by atoms with Gasteiger partial charge >= 0.3 is 0 Å².